The third-order valence-corrected chi connectivity index (χ3v) is 4.86. The van der Waals surface area contributed by atoms with E-state index in [9.17, 15) is 18.4 Å². The Balaban J connectivity index is 1.82. The van der Waals surface area contributed by atoms with Crippen LogP contribution in [0.5, 0.6) is 11.6 Å². The van der Waals surface area contributed by atoms with E-state index in [4.69, 9.17) is 15.2 Å². The third-order valence-electron chi connectivity index (χ3n) is 3.96. The quantitative estimate of drug-likeness (QED) is 0.802. The first-order chi connectivity index (χ1) is 11.9. The van der Waals surface area contributed by atoms with Gasteiger partial charge < -0.3 is 20.5 Å². The number of alkyl halides is 2. The maximum Gasteiger partial charge on any atom is 0.254 e. The molecule has 0 bridgehead atoms. The van der Waals surface area contributed by atoms with Crippen LogP contribution in [0.3, 0.4) is 0 Å². The number of nitrogens with one attached hydrogen (secondary N) is 1. The summed E-state index contributed by atoms with van der Waals surface area (Å²) < 4.78 is 37.3. The summed E-state index contributed by atoms with van der Waals surface area (Å²) in [5.74, 6) is -1.75. The molecule has 0 spiro atoms. The highest BCUT2D eigenvalue weighted by molar-refractivity contribution is 7.17. The van der Waals surface area contributed by atoms with Crippen LogP contribution in [0.2, 0.25) is 0 Å². The van der Waals surface area contributed by atoms with Crippen molar-refractivity contribution >= 4 is 33.4 Å². The van der Waals surface area contributed by atoms with Crippen LogP contribution in [0.25, 0.3) is 10.2 Å². The number of amides is 2. The summed E-state index contributed by atoms with van der Waals surface area (Å²) >= 11 is 1.27. The van der Waals surface area contributed by atoms with Crippen LogP contribution >= 0.6 is 11.3 Å². The van der Waals surface area contributed by atoms with Crippen molar-refractivity contribution in [3.8, 4) is 11.6 Å². The van der Waals surface area contributed by atoms with E-state index in [0.29, 0.717) is 16.0 Å². The molecule has 1 fully saturated rings. The molecule has 0 saturated carbocycles. The van der Waals surface area contributed by atoms with Crippen LogP contribution in [0, 0.1) is 5.92 Å². The molecule has 2 aromatic rings. The number of nitrogens with two attached hydrogens (primary N) is 1. The van der Waals surface area contributed by atoms with Crippen molar-refractivity contribution in [1.29, 1.82) is 0 Å². The van der Waals surface area contributed by atoms with Crippen LogP contribution in [-0.2, 0) is 4.79 Å². The fraction of sp³-hybridized carbons (Fsp3) is 0.400. The van der Waals surface area contributed by atoms with Gasteiger partial charge in [-0.1, -0.05) is 0 Å². The monoisotopic (exact) mass is 371 g/mol. The first-order valence-corrected chi connectivity index (χ1v) is 8.25. The number of fused-ring (bicyclic) bond motifs is 1. The number of pyridine rings is 1. The van der Waals surface area contributed by atoms with Gasteiger partial charge >= 0.3 is 0 Å². The zero-order chi connectivity index (χ0) is 18.1. The van der Waals surface area contributed by atoms with Crippen LogP contribution in [0.15, 0.2) is 11.4 Å². The number of thiophene rings is 1. The number of primary amides is 1. The summed E-state index contributed by atoms with van der Waals surface area (Å²) in [4.78, 5) is 27.0. The molecule has 2 aromatic heterocycles. The van der Waals surface area contributed by atoms with Crippen molar-refractivity contribution < 1.29 is 27.8 Å². The van der Waals surface area contributed by atoms with Crippen LogP contribution in [0.1, 0.15) is 16.8 Å². The zero-order valence-corrected chi connectivity index (χ0v) is 13.9. The molecular weight excluding hydrogens is 356 g/mol. The summed E-state index contributed by atoms with van der Waals surface area (Å²) in [5.41, 5.74) is 5.87. The number of carbonyl (C=O) groups is 2. The average Bonchev–Trinajstić information content (AvgIpc) is 3.14. The minimum absolute atomic E-state index is 0.0582. The molecule has 1 aliphatic rings. The average molecular weight is 371 g/mol. The second-order valence-corrected chi connectivity index (χ2v) is 6.45. The fourth-order valence-corrected chi connectivity index (χ4v) is 3.55. The molecule has 7 nitrogen and oxygen atoms in total. The van der Waals surface area contributed by atoms with Crippen molar-refractivity contribution in [3.63, 3.8) is 0 Å². The molecular formula is C15H15F2N3O4S. The summed E-state index contributed by atoms with van der Waals surface area (Å²) in [7, 11) is 1.36. The van der Waals surface area contributed by atoms with E-state index in [-0.39, 0.29) is 24.5 Å². The molecule has 3 rings (SSSR count). The highest BCUT2D eigenvalue weighted by Crippen LogP contribution is 2.35. The van der Waals surface area contributed by atoms with Crippen LogP contribution < -0.4 is 20.5 Å². The molecule has 3 N–H and O–H groups in total. The van der Waals surface area contributed by atoms with Gasteiger partial charge in [0.1, 0.15) is 17.7 Å². The maximum atomic E-state index is 13.0. The molecule has 1 saturated heterocycles. The molecule has 10 heteroatoms. The van der Waals surface area contributed by atoms with E-state index in [2.05, 4.69) is 10.3 Å². The molecule has 0 aromatic carbocycles. The second-order valence-electron chi connectivity index (χ2n) is 5.54. The predicted molar refractivity (Wildman–Crippen MR) is 86.2 cm³/mol. The molecule has 2 atom stereocenters. The smallest absolute Gasteiger partial charge is 0.254 e. The van der Waals surface area contributed by atoms with Gasteiger partial charge in [-0.3, -0.25) is 9.59 Å². The van der Waals surface area contributed by atoms with Crippen LogP contribution in [0.4, 0.5) is 8.78 Å². The molecule has 3 heterocycles. The Morgan fingerprint density at radius 3 is 2.96 bits per heavy atom. The molecule has 134 valence electrons. The van der Waals surface area contributed by atoms with E-state index in [0.717, 1.165) is 0 Å². The zero-order valence-electron chi connectivity index (χ0n) is 13.1. The fourth-order valence-electron chi connectivity index (χ4n) is 2.69. The van der Waals surface area contributed by atoms with Gasteiger partial charge in [0.25, 0.3) is 5.91 Å². The van der Waals surface area contributed by atoms with Gasteiger partial charge in [-0.2, -0.15) is 0 Å². The Kier molecular flexibility index (Phi) is 4.71. The highest BCUT2D eigenvalue weighted by atomic mass is 32.1. The van der Waals surface area contributed by atoms with Gasteiger partial charge in [0.05, 0.1) is 23.8 Å². The number of hydrogen-bond acceptors (Lipinski definition) is 6. The summed E-state index contributed by atoms with van der Waals surface area (Å²) in [6.45, 7) is -0.103. The Morgan fingerprint density at radius 2 is 2.32 bits per heavy atom. The minimum atomic E-state index is -2.61. The van der Waals surface area contributed by atoms with E-state index in [1.165, 1.54) is 18.4 Å². The number of halogens is 2. The lowest BCUT2D eigenvalue weighted by molar-refractivity contribution is -0.119. The van der Waals surface area contributed by atoms with Crippen molar-refractivity contribution in [2.45, 2.75) is 18.9 Å². The summed E-state index contributed by atoms with van der Waals surface area (Å²) in [6.07, 6.45) is -2.83. The predicted octanol–water partition coefficient (Wildman–Crippen LogP) is 1.55. The standard InChI is InChI=1S/C15H15F2N3O4S/c1-23-15-7(14(18)22)2-10-12(20-15)9(5-25-10)24-4-8-6(13(16)17)3-11(21)19-8/h2,5-6,8,13H,3-4H2,1H3,(H2,18,22)(H,19,21)/t6-,8-/m1/s1. The SMILES string of the molecule is COc1nc2c(OC[C@H]3NC(=O)C[C@H]3C(F)F)csc2cc1C(N)=O. The molecule has 0 radical (unpaired) electrons. The van der Waals surface area contributed by atoms with Gasteiger partial charge in [0.2, 0.25) is 18.2 Å². The maximum absolute atomic E-state index is 13.0. The van der Waals surface area contributed by atoms with Crippen molar-refractivity contribution in [3.05, 3.63) is 17.0 Å². The largest absolute Gasteiger partial charge is 0.488 e. The number of ether oxygens (including phenoxy) is 2. The lowest BCUT2D eigenvalue weighted by atomic mass is 10.0. The van der Waals surface area contributed by atoms with Crippen molar-refractivity contribution in [1.82, 2.24) is 10.3 Å². The lowest BCUT2D eigenvalue weighted by Gasteiger charge is -2.18. The van der Waals surface area contributed by atoms with Crippen molar-refractivity contribution in [2.75, 3.05) is 13.7 Å². The van der Waals surface area contributed by atoms with E-state index < -0.39 is 30.2 Å². The molecule has 0 aliphatic carbocycles. The third kappa shape index (κ3) is 3.34. The topological polar surface area (TPSA) is 104 Å². The Labute approximate surface area is 145 Å². The second kappa shape index (κ2) is 6.79. The number of carbonyl (C=O) groups excluding carboxylic acids is 2. The molecule has 1 aliphatic heterocycles. The lowest BCUT2D eigenvalue weighted by Crippen LogP contribution is -2.37. The number of rotatable bonds is 6. The van der Waals surface area contributed by atoms with Gasteiger partial charge in [-0.05, 0) is 6.07 Å². The van der Waals surface area contributed by atoms with Gasteiger partial charge in [-0.25, -0.2) is 13.8 Å². The Morgan fingerprint density at radius 1 is 1.56 bits per heavy atom. The van der Waals surface area contributed by atoms with E-state index >= 15 is 0 Å². The summed E-state index contributed by atoms with van der Waals surface area (Å²) in [5, 5.41) is 4.14. The van der Waals surface area contributed by atoms with Crippen molar-refractivity contribution in [2.24, 2.45) is 11.7 Å². The number of aromatic nitrogens is 1. The Hall–Kier alpha value is -2.49. The molecule has 2 amide bonds. The van der Waals surface area contributed by atoms with E-state index in [1.807, 2.05) is 0 Å². The highest BCUT2D eigenvalue weighted by Gasteiger charge is 2.39. The normalized spacial score (nSPS) is 20.1. The Bertz CT molecular complexity index is 826. The number of methoxy groups -OCH3 is 1. The number of nitrogens with zero attached hydrogens (tertiary/aromatic N) is 1. The first-order valence-electron chi connectivity index (χ1n) is 7.37. The number of hydrogen-bond donors (Lipinski definition) is 2. The molecule has 0 unspecified atom stereocenters. The van der Waals surface area contributed by atoms with Gasteiger partial charge in [0, 0.05) is 11.8 Å². The van der Waals surface area contributed by atoms with Gasteiger partial charge in [0.15, 0.2) is 5.75 Å². The molecule has 25 heavy (non-hydrogen) atoms. The van der Waals surface area contributed by atoms with Crippen LogP contribution in [-0.4, -0.2) is 43.0 Å². The summed E-state index contributed by atoms with van der Waals surface area (Å²) in [6, 6.07) is 0.773. The minimum Gasteiger partial charge on any atom is -0.488 e. The van der Waals surface area contributed by atoms with E-state index in [1.54, 1.807) is 11.4 Å². The van der Waals surface area contributed by atoms with Gasteiger partial charge in [-0.15, -0.1) is 11.3 Å². The first kappa shape index (κ1) is 17.3.